The number of benzene rings is 24. The Morgan fingerprint density at radius 1 is 0.186 bits per heavy atom. The molecule has 0 radical (unpaired) electrons. The van der Waals surface area contributed by atoms with Gasteiger partial charge in [0.15, 0.2) is 0 Å². The molecule has 0 bridgehead atoms. The van der Waals surface area contributed by atoms with Crippen LogP contribution in [-0.4, -0.2) is 0 Å². The smallest absolute Gasteiger partial charge is 0.143 e. The van der Waals surface area contributed by atoms with Gasteiger partial charge in [-0.2, -0.15) is 0 Å². The molecule has 664 valence electrons. The molecule has 5 aliphatic rings. The lowest BCUT2D eigenvalue weighted by molar-refractivity contribution is 0.550. The minimum atomic E-state index is -0.0598. The van der Waals surface area contributed by atoms with E-state index in [-0.39, 0.29) is 21.7 Å². The van der Waals surface area contributed by atoms with Crippen LogP contribution < -0.4 is 0 Å². The van der Waals surface area contributed by atoms with Gasteiger partial charge in [-0.15, -0.1) is 0 Å². The molecule has 1 saturated carbocycles. The van der Waals surface area contributed by atoms with Crippen molar-refractivity contribution in [2.75, 3.05) is 0 Å². The fraction of sp³-hybridized carbons (Fsp3) is 0.122. The highest BCUT2D eigenvalue weighted by Gasteiger charge is 2.46. The van der Waals surface area contributed by atoms with Gasteiger partial charge in [-0.3, -0.25) is 0 Å². The van der Waals surface area contributed by atoms with Crippen LogP contribution >= 0.6 is 0 Å². The highest BCUT2D eigenvalue weighted by atomic mass is 16.3. The van der Waals surface area contributed by atoms with Crippen LogP contribution in [0.5, 0.6) is 0 Å². The first-order valence-electron chi connectivity index (χ1n) is 50.3. The monoisotopic (exact) mass is 1790 g/mol. The first-order chi connectivity index (χ1) is 68.4. The average molecular weight is 1790 g/mol. The third-order valence-electron chi connectivity index (χ3n) is 33.6. The largest absolute Gasteiger partial charge is 0.455 e. The lowest BCUT2D eigenvalue weighted by Crippen LogP contribution is -2.20. The van der Waals surface area contributed by atoms with Gasteiger partial charge in [-0.1, -0.05) is 447 Å². The van der Waals surface area contributed by atoms with Crippen LogP contribution in [0, 0.1) is 20.8 Å². The number of furan rings is 1. The van der Waals surface area contributed by atoms with E-state index in [4.69, 9.17) is 4.42 Å². The van der Waals surface area contributed by atoms with Crippen LogP contribution in [0.3, 0.4) is 0 Å². The molecule has 1 spiro atoms. The highest BCUT2D eigenvalue weighted by molar-refractivity contribution is 6.36. The van der Waals surface area contributed by atoms with Crippen LogP contribution in [0.1, 0.15) is 128 Å². The molecule has 25 aromatic rings. The lowest BCUT2D eigenvalue weighted by atomic mass is 9.76. The average Bonchev–Trinajstić information content (AvgIpc) is 1.17. The Kier molecular flexibility index (Phi) is 17.9. The second kappa shape index (κ2) is 30.5. The highest BCUT2D eigenvalue weighted by Crippen LogP contribution is 2.61. The van der Waals surface area contributed by atoms with Crippen molar-refractivity contribution in [1.29, 1.82) is 0 Å². The molecule has 0 unspecified atom stereocenters. The van der Waals surface area contributed by atoms with E-state index in [1.807, 2.05) is 6.07 Å². The van der Waals surface area contributed by atoms with E-state index in [9.17, 15) is 0 Å². The number of para-hydroxylation sites is 2. The van der Waals surface area contributed by atoms with E-state index in [0.29, 0.717) is 0 Å². The Hall–Kier alpha value is -16.1. The molecular weight excluding hydrogens is 1690 g/mol. The SMILES string of the molecule is Cc1ccc2c(-c3ccc4c(c3)C3(CCCC3)c3ccccc3-4)c3ccccc3c(-c3ccc4c(c3)C(C)(C)c3ccccc3-4)c2c1.Cc1ccc2c(-c3ccc4c5cccc6cccc(c7cccc3c74)c65)c3ccccc3c(-c3ccc4c(c3)C(C)(C)c3ccccc3-4)c2c1.Cc1ccc2c(-c3cccc4c3oc3ccccc34)c3ccccc3c(-c3ccc4c(c3)C(C)(C)c3ccccc3-4)c2c1. The van der Waals surface area contributed by atoms with E-state index in [0.717, 1.165) is 27.5 Å². The number of hydrogen-bond donors (Lipinski definition) is 0. The van der Waals surface area contributed by atoms with Crippen molar-refractivity contribution in [1.82, 2.24) is 0 Å². The Balaban J connectivity index is 0.000000103. The number of aryl methyl sites for hydroxylation is 3. The van der Waals surface area contributed by atoms with Crippen LogP contribution in [0.4, 0.5) is 0 Å². The normalized spacial score (nSPS) is 14.6. The van der Waals surface area contributed by atoms with Crippen LogP contribution in [0.15, 0.2) is 411 Å². The summed E-state index contributed by atoms with van der Waals surface area (Å²) in [6.45, 7) is 20.9. The summed E-state index contributed by atoms with van der Waals surface area (Å²) in [5.41, 5.74) is 43.8. The molecule has 1 nitrogen and oxygen atoms in total. The van der Waals surface area contributed by atoms with Crippen LogP contribution in [-0.2, 0) is 21.7 Å². The van der Waals surface area contributed by atoms with E-state index < -0.39 is 0 Å². The fourth-order valence-corrected chi connectivity index (χ4v) is 27.2. The van der Waals surface area contributed by atoms with E-state index in [1.54, 1.807) is 11.1 Å². The van der Waals surface area contributed by atoms with Crippen molar-refractivity contribution < 1.29 is 4.42 Å². The molecule has 1 aromatic heterocycles. The summed E-state index contributed by atoms with van der Waals surface area (Å²) in [4.78, 5) is 0. The summed E-state index contributed by atoms with van der Waals surface area (Å²) in [5.74, 6) is 0. The van der Waals surface area contributed by atoms with E-state index in [1.165, 1.54) is 289 Å². The van der Waals surface area contributed by atoms with E-state index in [2.05, 4.69) is 463 Å². The Labute approximate surface area is 816 Å². The maximum atomic E-state index is 6.58. The van der Waals surface area contributed by atoms with E-state index >= 15 is 0 Å². The second-order valence-corrected chi connectivity index (χ2v) is 42.3. The molecule has 0 saturated heterocycles. The molecule has 0 amide bonds. The zero-order valence-electron chi connectivity index (χ0n) is 80.4. The molecule has 140 heavy (non-hydrogen) atoms. The molecule has 24 aromatic carbocycles. The molecule has 5 aliphatic carbocycles. The molecule has 0 aliphatic heterocycles. The van der Waals surface area contributed by atoms with Crippen molar-refractivity contribution in [2.45, 2.75) is 110 Å². The molecule has 0 N–H and O–H groups in total. The summed E-state index contributed by atoms with van der Waals surface area (Å²) in [6.07, 6.45) is 5.11. The van der Waals surface area contributed by atoms with Crippen molar-refractivity contribution >= 4 is 130 Å². The standard InChI is InChI=1S/C50H34.C47H38.C42H30O/c1-29-21-23-42-43(27-29)47(31-22-24-33-32-13-6-7-20-44(32)50(2,3)45(33)28-31)34-14-4-5-15-37(34)49(42)41-26-25-40-36-17-9-12-30-11-8-16-35(46(30)36)38-18-10-19-39(41)48(38)40;1-29-18-21-38-39(26-29)45(30-19-22-34-32-12-6-8-16-40(32)46(2,3)42(34)27-30)37-15-5-4-14-36(37)44(38)31-20-23-35-33-13-7-9-17-41(33)47(43(35)28-31)24-10-11-25-47;1-25-19-21-32-35(23-25)39(26-20-22-28-27-11-6-8-17-36(27)42(2,3)37(28)24-26)30-13-4-5-14-31(30)40(32)34-16-10-15-33-29-12-7-9-18-38(29)43-41(33)34/h4-28H,1-3H3;4-9,12-23,26-28H,10-11,24-25H2,1-3H3;4-24H,1-3H3. The first kappa shape index (κ1) is 82.2. The molecule has 30 rings (SSSR count). The van der Waals surface area contributed by atoms with Crippen LogP contribution in [0.25, 0.3) is 241 Å². The first-order valence-corrected chi connectivity index (χ1v) is 50.3. The van der Waals surface area contributed by atoms with Crippen LogP contribution in [0.2, 0.25) is 0 Å². The van der Waals surface area contributed by atoms with Gasteiger partial charge in [-0.05, 0) is 316 Å². The van der Waals surface area contributed by atoms with Gasteiger partial charge in [-0.25, -0.2) is 0 Å². The minimum Gasteiger partial charge on any atom is -0.455 e. The zero-order chi connectivity index (χ0) is 93.7. The van der Waals surface area contributed by atoms with Gasteiger partial charge in [0.2, 0.25) is 0 Å². The topological polar surface area (TPSA) is 13.1 Å². The number of hydrogen-bond acceptors (Lipinski definition) is 1. The molecular formula is C139H102O. The van der Waals surface area contributed by atoms with Gasteiger partial charge in [0, 0.05) is 43.6 Å². The van der Waals surface area contributed by atoms with Gasteiger partial charge >= 0.3 is 0 Å². The predicted molar refractivity (Wildman–Crippen MR) is 597 cm³/mol. The van der Waals surface area contributed by atoms with Crippen molar-refractivity contribution in [3.8, 4) is 111 Å². The maximum absolute atomic E-state index is 6.58. The molecule has 1 heterocycles. The summed E-state index contributed by atoms with van der Waals surface area (Å²) >= 11 is 0. The quantitative estimate of drug-likeness (QED) is 0.119. The minimum absolute atomic E-state index is 0.0401. The molecule has 1 fully saturated rings. The Bertz CT molecular complexity index is 9650. The summed E-state index contributed by atoms with van der Waals surface area (Å²) in [6, 6.07) is 153. The van der Waals surface area contributed by atoms with Gasteiger partial charge in [0.05, 0.1) is 0 Å². The molecule has 0 atom stereocenters. The Morgan fingerprint density at radius 3 is 0.929 bits per heavy atom. The van der Waals surface area contributed by atoms with Crippen molar-refractivity contribution in [3.05, 3.63) is 468 Å². The number of rotatable bonds is 6. The zero-order valence-corrected chi connectivity index (χ0v) is 80.4. The van der Waals surface area contributed by atoms with Gasteiger partial charge in [0.1, 0.15) is 11.2 Å². The third-order valence-corrected chi connectivity index (χ3v) is 33.6. The lowest BCUT2D eigenvalue weighted by Gasteiger charge is -2.27. The van der Waals surface area contributed by atoms with Crippen molar-refractivity contribution in [3.63, 3.8) is 0 Å². The fourth-order valence-electron chi connectivity index (χ4n) is 27.2. The van der Waals surface area contributed by atoms with Gasteiger partial charge in [0.25, 0.3) is 0 Å². The molecule has 1 heteroatoms. The maximum Gasteiger partial charge on any atom is 0.143 e. The summed E-state index contributed by atoms with van der Waals surface area (Å²) in [5, 5.41) is 28.5. The summed E-state index contributed by atoms with van der Waals surface area (Å²) < 4.78 is 6.58. The van der Waals surface area contributed by atoms with Crippen molar-refractivity contribution in [2.24, 2.45) is 0 Å². The second-order valence-electron chi connectivity index (χ2n) is 42.3. The van der Waals surface area contributed by atoms with Gasteiger partial charge < -0.3 is 4.42 Å². The Morgan fingerprint density at radius 2 is 0.471 bits per heavy atom. The predicted octanol–water partition coefficient (Wildman–Crippen LogP) is 38.6. The number of fused-ring (bicyclic) bond motifs is 25. The third kappa shape index (κ3) is 11.8. The summed E-state index contributed by atoms with van der Waals surface area (Å²) in [7, 11) is 0.